The Labute approximate surface area is 125 Å². The van der Waals surface area contributed by atoms with E-state index in [-0.39, 0.29) is 5.91 Å². The molecule has 3 N–H and O–H groups in total. The van der Waals surface area contributed by atoms with Gasteiger partial charge in [0.05, 0.1) is 22.7 Å². The summed E-state index contributed by atoms with van der Waals surface area (Å²) in [5.41, 5.74) is 3.36. The number of pyridine rings is 1. The Morgan fingerprint density at radius 3 is 2.90 bits per heavy atom. The molecule has 1 amide bonds. The predicted octanol–water partition coefficient (Wildman–Crippen LogP) is 1.66. The number of hydrazine groups is 1. The lowest BCUT2D eigenvalue weighted by Gasteiger charge is -2.07. The van der Waals surface area contributed by atoms with Gasteiger partial charge in [0.25, 0.3) is 5.91 Å². The average Bonchev–Trinajstić information content (AvgIpc) is 3.18. The Hall–Kier alpha value is -2.51. The van der Waals surface area contributed by atoms with Gasteiger partial charge in [-0.15, -0.1) is 11.3 Å². The molecule has 6 nitrogen and oxygen atoms in total. The Kier molecular flexibility index (Phi) is 3.76. The molecule has 0 aliphatic carbocycles. The smallest absolute Gasteiger partial charge is 0.266 e. The SMILES string of the molecule is NNC(=O)c1ccc(Cn2ccnc2-c2cccs2)nc1. The third kappa shape index (κ3) is 2.83. The zero-order valence-electron chi connectivity index (χ0n) is 11.1. The summed E-state index contributed by atoms with van der Waals surface area (Å²) in [6.45, 7) is 0.595. The molecular weight excluding hydrogens is 286 g/mol. The highest BCUT2D eigenvalue weighted by molar-refractivity contribution is 7.13. The number of nitrogens with two attached hydrogens (primary N) is 1. The van der Waals surface area contributed by atoms with E-state index in [2.05, 4.69) is 15.4 Å². The predicted molar refractivity (Wildman–Crippen MR) is 80.5 cm³/mol. The minimum Gasteiger partial charge on any atom is -0.324 e. The van der Waals surface area contributed by atoms with Gasteiger partial charge >= 0.3 is 0 Å². The Morgan fingerprint density at radius 2 is 2.24 bits per heavy atom. The second kappa shape index (κ2) is 5.86. The first kappa shape index (κ1) is 13.5. The van der Waals surface area contributed by atoms with Crippen LogP contribution in [0.15, 0.2) is 48.2 Å². The van der Waals surface area contributed by atoms with Crippen molar-refractivity contribution in [3.8, 4) is 10.7 Å². The zero-order chi connectivity index (χ0) is 14.7. The fraction of sp³-hybridized carbons (Fsp3) is 0.0714. The summed E-state index contributed by atoms with van der Waals surface area (Å²) in [5, 5.41) is 2.02. The van der Waals surface area contributed by atoms with Crippen molar-refractivity contribution in [1.82, 2.24) is 20.0 Å². The maximum atomic E-state index is 11.4. The number of hydrogen-bond acceptors (Lipinski definition) is 5. The molecule has 0 atom stereocenters. The van der Waals surface area contributed by atoms with Crippen LogP contribution in [-0.2, 0) is 6.54 Å². The van der Waals surface area contributed by atoms with Crippen molar-refractivity contribution in [2.75, 3.05) is 0 Å². The minimum atomic E-state index is -0.351. The van der Waals surface area contributed by atoms with E-state index in [1.54, 1.807) is 23.6 Å². The summed E-state index contributed by atoms with van der Waals surface area (Å²) in [6, 6.07) is 7.54. The van der Waals surface area contributed by atoms with Gasteiger partial charge in [-0.05, 0) is 23.6 Å². The standard InChI is InChI=1S/C14H13N5OS/c15-18-14(20)10-3-4-11(17-8-10)9-19-6-5-16-13(19)12-2-1-7-21-12/h1-8H,9,15H2,(H,18,20). The summed E-state index contributed by atoms with van der Waals surface area (Å²) < 4.78 is 2.02. The van der Waals surface area contributed by atoms with E-state index in [4.69, 9.17) is 5.84 Å². The van der Waals surface area contributed by atoms with E-state index in [0.717, 1.165) is 16.4 Å². The Morgan fingerprint density at radius 1 is 1.33 bits per heavy atom. The molecule has 0 spiro atoms. The van der Waals surface area contributed by atoms with Crippen LogP contribution in [0.5, 0.6) is 0 Å². The average molecular weight is 299 g/mol. The van der Waals surface area contributed by atoms with Gasteiger partial charge in [-0.3, -0.25) is 15.2 Å². The number of nitrogens with one attached hydrogen (secondary N) is 1. The maximum absolute atomic E-state index is 11.4. The van der Waals surface area contributed by atoms with E-state index < -0.39 is 0 Å². The number of thiophene rings is 1. The van der Waals surface area contributed by atoms with Crippen LogP contribution in [0.3, 0.4) is 0 Å². The first-order chi connectivity index (χ1) is 10.3. The van der Waals surface area contributed by atoms with Crippen LogP contribution in [0, 0.1) is 0 Å². The molecule has 0 radical (unpaired) electrons. The first-order valence-electron chi connectivity index (χ1n) is 6.29. The van der Waals surface area contributed by atoms with Crippen LogP contribution in [-0.4, -0.2) is 20.4 Å². The molecule has 3 aromatic rings. The van der Waals surface area contributed by atoms with E-state index >= 15 is 0 Å². The molecule has 0 aliphatic heterocycles. The Bertz CT molecular complexity index is 733. The van der Waals surface area contributed by atoms with Crippen molar-refractivity contribution in [3.63, 3.8) is 0 Å². The largest absolute Gasteiger partial charge is 0.324 e. The Balaban J connectivity index is 1.82. The summed E-state index contributed by atoms with van der Waals surface area (Å²) in [5.74, 6) is 5.65. The summed E-state index contributed by atoms with van der Waals surface area (Å²) >= 11 is 1.64. The molecule has 3 heterocycles. The first-order valence-corrected chi connectivity index (χ1v) is 7.17. The van der Waals surface area contributed by atoms with Gasteiger partial charge in [0.2, 0.25) is 0 Å². The summed E-state index contributed by atoms with van der Waals surface area (Å²) in [7, 11) is 0. The highest BCUT2D eigenvalue weighted by Gasteiger charge is 2.09. The molecule has 21 heavy (non-hydrogen) atoms. The van der Waals surface area contributed by atoms with Gasteiger partial charge in [0.1, 0.15) is 5.82 Å². The van der Waals surface area contributed by atoms with Crippen LogP contribution in [0.25, 0.3) is 10.7 Å². The highest BCUT2D eigenvalue weighted by Crippen LogP contribution is 2.23. The van der Waals surface area contributed by atoms with Gasteiger partial charge in [0.15, 0.2) is 0 Å². The number of nitrogen functional groups attached to an aromatic ring is 1. The number of imidazole rings is 1. The van der Waals surface area contributed by atoms with Crippen molar-refractivity contribution < 1.29 is 4.79 Å². The van der Waals surface area contributed by atoms with E-state index in [1.807, 2.05) is 34.3 Å². The molecule has 0 bridgehead atoms. The van der Waals surface area contributed by atoms with Crippen LogP contribution in [0.2, 0.25) is 0 Å². The number of amides is 1. The monoisotopic (exact) mass is 299 g/mol. The quantitative estimate of drug-likeness (QED) is 0.436. The molecule has 3 rings (SSSR count). The van der Waals surface area contributed by atoms with Crippen LogP contribution >= 0.6 is 11.3 Å². The molecule has 106 valence electrons. The van der Waals surface area contributed by atoms with Gasteiger partial charge in [-0.25, -0.2) is 10.8 Å². The van der Waals surface area contributed by atoms with Gasteiger partial charge in [-0.1, -0.05) is 6.07 Å². The molecule has 3 aromatic heterocycles. The van der Waals surface area contributed by atoms with Crippen LogP contribution < -0.4 is 11.3 Å². The van der Waals surface area contributed by atoms with Gasteiger partial charge in [-0.2, -0.15) is 0 Å². The van der Waals surface area contributed by atoms with E-state index in [0.29, 0.717) is 12.1 Å². The number of rotatable bonds is 4. The minimum absolute atomic E-state index is 0.351. The third-order valence-electron chi connectivity index (χ3n) is 3.01. The number of carbonyl (C=O) groups excluding carboxylic acids is 1. The molecule has 0 saturated carbocycles. The lowest BCUT2D eigenvalue weighted by Crippen LogP contribution is -2.30. The molecule has 0 aliphatic rings. The van der Waals surface area contributed by atoms with Crippen LogP contribution in [0.1, 0.15) is 16.1 Å². The van der Waals surface area contributed by atoms with Crippen molar-refractivity contribution in [3.05, 3.63) is 59.5 Å². The highest BCUT2D eigenvalue weighted by atomic mass is 32.1. The topological polar surface area (TPSA) is 85.8 Å². The number of carbonyl (C=O) groups is 1. The lowest BCUT2D eigenvalue weighted by molar-refractivity contribution is 0.0953. The van der Waals surface area contributed by atoms with Gasteiger partial charge < -0.3 is 4.57 Å². The lowest BCUT2D eigenvalue weighted by atomic mass is 10.2. The van der Waals surface area contributed by atoms with Crippen molar-refractivity contribution in [1.29, 1.82) is 0 Å². The van der Waals surface area contributed by atoms with Crippen molar-refractivity contribution in [2.45, 2.75) is 6.54 Å². The third-order valence-corrected chi connectivity index (χ3v) is 3.87. The molecule has 0 aromatic carbocycles. The van der Waals surface area contributed by atoms with Crippen molar-refractivity contribution in [2.24, 2.45) is 5.84 Å². The molecule has 0 fully saturated rings. The zero-order valence-corrected chi connectivity index (χ0v) is 11.9. The number of hydrogen-bond donors (Lipinski definition) is 2. The maximum Gasteiger partial charge on any atom is 0.266 e. The second-order valence-electron chi connectivity index (χ2n) is 4.37. The molecule has 0 saturated heterocycles. The van der Waals surface area contributed by atoms with Crippen molar-refractivity contribution >= 4 is 17.2 Å². The summed E-state index contributed by atoms with van der Waals surface area (Å²) in [6.07, 6.45) is 5.20. The number of aromatic nitrogens is 3. The number of nitrogens with zero attached hydrogens (tertiary/aromatic N) is 3. The van der Waals surface area contributed by atoms with Gasteiger partial charge in [0, 0.05) is 18.6 Å². The fourth-order valence-electron chi connectivity index (χ4n) is 1.98. The summed E-state index contributed by atoms with van der Waals surface area (Å²) in [4.78, 5) is 21.1. The fourth-order valence-corrected chi connectivity index (χ4v) is 2.71. The molecular formula is C14H13N5OS. The molecule has 7 heteroatoms. The normalized spacial score (nSPS) is 10.5. The van der Waals surface area contributed by atoms with E-state index in [1.165, 1.54) is 6.20 Å². The van der Waals surface area contributed by atoms with E-state index in [9.17, 15) is 4.79 Å². The second-order valence-corrected chi connectivity index (χ2v) is 5.32. The van der Waals surface area contributed by atoms with Crippen LogP contribution in [0.4, 0.5) is 0 Å². The molecule has 0 unspecified atom stereocenters.